The molecule has 102 valence electrons. The minimum Gasteiger partial charge on any atom is -0.435 e. The molecule has 1 heterocycles. The fraction of sp³-hybridized carbons (Fsp3) is 0.538. The number of ether oxygens (including phenoxy) is 1. The molecule has 1 aromatic carbocycles. The van der Waals surface area contributed by atoms with Gasteiger partial charge in [-0.1, -0.05) is 19.1 Å². The van der Waals surface area contributed by atoms with E-state index in [-0.39, 0.29) is 18.2 Å². The Bertz CT molecular complexity index is 359. The first-order chi connectivity index (χ1) is 8.16. The van der Waals surface area contributed by atoms with Gasteiger partial charge < -0.3 is 10.1 Å². The largest absolute Gasteiger partial charge is 0.435 e. The number of halogens is 3. The molecule has 1 fully saturated rings. The first-order valence-corrected chi connectivity index (χ1v) is 5.92. The van der Waals surface area contributed by atoms with Crippen LogP contribution in [0, 0.1) is 5.92 Å². The maximum atomic E-state index is 12.0. The van der Waals surface area contributed by atoms with Gasteiger partial charge in [0.05, 0.1) is 0 Å². The summed E-state index contributed by atoms with van der Waals surface area (Å²) in [5.41, 5.74) is 1.21. The van der Waals surface area contributed by atoms with E-state index in [2.05, 4.69) is 17.0 Å². The Morgan fingerprint density at radius 1 is 1.28 bits per heavy atom. The number of hydrogen-bond acceptors (Lipinski definition) is 2. The van der Waals surface area contributed by atoms with Crippen molar-refractivity contribution in [3.63, 3.8) is 0 Å². The van der Waals surface area contributed by atoms with Crippen molar-refractivity contribution in [2.75, 3.05) is 13.1 Å². The number of piperidine rings is 1. The Balaban J connectivity index is 0.00000162. The molecule has 0 radical (unpaired) electrons. The Morgan fingerprint density at radius 3 is 2.50 bits per heavy atom. The Labute approximate surface area is 112 Å². The molecule has 0 bridgehead atoms. The SMILES string of the molecule is C[C@@H]1CNCC[C@@H]1c1ccc(OC(F)F)cc1.Cl. The summed E-state index contributed by atoms with van der Waals surface area (Å²) in [6, 6.07) is 7.03. The van der Waals surface area contributed by atoms with Crippen LogP contribution >= 0.6 is 12.4 Å². The summed E-state index contributed by atoms with van der Waals surface area (Å²) >= 11 is 0. The van der Waals surface area contributed by atoms with E-state index >= 15 is 0 Å². The summed E-state index contributed by atoms with van der Waals surface area (Å²) in [6.45, 7) is 1.49. The zero-order valence-electron chi connectivity index (χ0n) is 10.2. The third kappa shape index (κ3) is 3.82. The van der Waals surface area contributed by atoms with E-state index in [1.165, 1.54) is 5.56 Å². The molecular formula is C13H18ClF2NO. The highest BCUT2D eigenvalue weighted by Crippen LogP contribution is 2.31. The molecular weight excluding hydrogens is 260 g/mol. The summed E-state index contributed by atoms with van der Waals surface area (Å²) in [4.78, 5) is 0. The highest BCUT2D eigenvalue weighted by molar-refractivity contribution is 5.85. The Hall–Kier alpha value is -0.870. The van der Waals surface area contributed by atoms with Crippen LogP contribution in [0.5, 0.6) is 5.75 Å². The van der Waals surface area contributed by atoms with E-state index in [0.29, 0.717) is 11.8 Å². The van der Waals surface area contributed by atoms with Crippen molar-refractivity contribution in [2.45, 2.75) is 25.9 Å². The fourth-order valence-corrected chi connectivity index (χ4v) is 2.41. The van der Waals surface area contributed by atoms with Crippen LogP contribution < -0.4 is 10.1 Å². The van der Waals surface area contributed by atoms with E-state index in [4.69, 9.17) is 0 Å². The molecule has 1 aliphatic heterocycles. The van der Waals surface area contributed by atoms with Crippen LogP contribution in [0.4, 0.5) is 8.78 Å². The maximum Gasteiger partial charge on any atom is 0.387 e. The number of alkyl halides is 2. The second-order valence-electron chi connectivity index (χ2n) is 4.52. The van der Waals surface area contributed by atoms with Crippen LogP contribution in [0.25, 0.3) is 0 Å². The van der Waals surface area contributed by atoms with Crippen molar-refractivity contribution < 1.29 is 13.5 Å². The molecule has 0 amide bonds. The van der Waals surface area contributed by atoms with E-state index in [0.717, 1.165) is 19.5 Å². The van der Waals surface area contributed by atoms with E-state index in [9.17, 15) is 8.78 Å². The molecule has 2 rings (SSSR count). The van der Waals surface area contributed by atoms with Crippen LogP contribution in [0.15, 0.2) is 24.3 Å². The summed E-state index contributed by atoms with van der Waals surface area (Å²) in [7, 11) is 0. The molecule has 1 aliphatic rings. The molecule has 5 heteroatoms. The zero-order valence-corrected chi connectivity index (χ0v) is 11.1. The average Bonchev–Trinajstić information content (AvgIpc) is 2.30. The predicted octanol–water partition coefficient (Wildman–Crippen LogP) is 3.42. The fourth-order valence-electron chi connectivity index (χ4n) is 2.41. The summed E-state index contributed by atoms with van der Waals surface area (Å²) in [5.74, 6) is 1.31. The highest BCUT2D eigenvalue weighted by atomic mass is 35.5. The van der Waals surface area contributed by atoms with E-state index in [1.54, 1.807) is 12.1 Å². The van der Waals surface area contributed by atoms with Gasteiger partial charge in [-0.2, -0.15) is 8.78 Å². The molecule has 0 aromatic heterocycles. The lowest BCUT2D eigenvalue weighted by Crippen LogP contribution is -2.33. The molecule has 1 aromatic rings. The Kier molecular flexibility index (Phi) is 5.82. The predicted molar refractivity (Wildman–Crippen MR) is 69.7 cm³/mol. The monoisotopic (exact) mass is 277 g/mol. The number of hydrogen-bond donors (Lipinski definition) is 1. The van der Waals surface area contributed by atoms with Crippen molar-refractivity contribution in [1.29, 1.82) is 0 Å². The molecule has 0 unspecified atom stereocenters. The number of rotatable bonds is 3. The first kappa shape index (κ1) is 15.2. The van der Waals surface area contributed by atoms with Gasteiger partial charge >= 0.3 is 6.61 Å². The number of nitrogens with one attached hydrogen (secondary N) is 1. The van der Waals surface area contributed by atoms with Crippen molar-refractivity contribution >= 4 is 12.4 Å². The van der Waals surface area contributed by atoms with Crippen molar-refractivity contribution in [1.82, 2.24) is 5.32 Å². The topological polar surface area (TPSA) is 21.3 Å². The smallest absolute Gasteiger partial charge is 0.387 e. The first-order valence-electron chi connectivity index (χ1n) is 5.92. The lowest BCUT2D eigenvalue weighted by atomic mass is 9.82. The maximum absolute atomic E-state index is 12.0. The molecule has 0 aliphatic carbocycles. The van der Waals surface area contributed by atoms with Gasteiger partial charge in [-0.3, -0.25) is 0 Å². The van der Waals surface area contributed by atoms with Gasteiger partial charge in [0.25, 0.3) is 0 Å². The van der Waals surface area contributed by atoms with Gasteiger partial charge in [-0.05, 0) is 49.0 Å². The van der Waals surface area contributed by atoms with Crippen molar-refractivity contribution in [2.24, 2.45) is 5.92 Å². The highest BCUT2D eigenvalue weighted by Gasteiger charge is 2.22. The van der Waals surface area contributed by atoms with Crippen LogP contribution in [0.3, 0.4) is 0 Å². The molecule has 0 spiro atoms. The lowest BCUT2D eigenvalue weighted by molar-refractivity contribution is -0.0498. The second kappa shape index (κ2) is 6.90. The van der Waals surface area contributed by atoms with Gasteiger partial charge in [0, 0.05) is 0 Å². The van der Waals surface area contributed by atoms with Crippen molar-refractivity contribution in [3.8, 4) is 5.75 Å². The van der Waals surface area contributed by atoms with Crippen LogP contribution in [0.1, 0.15) is 24.8 Å². The third-order valence-corrected chi connectivity index (χ3v) is 3.32. The van der Waals surface area contributed by atoms with Crippen molar-refractivity contribution in [3.05, 3.63) is 29.8 Å². The standard InChI is InChI=1S/C13H17F2NO.ClH/c1-9-8-16-7-6-12(9)10-2-4-11(5-3-10)17-13(14)15;/h2-5,9,12-13,16H,6-8H2,1H3;1H/t9-,12+;/m1./s1. The molecule has 0 saturated carbocycles. The van der Waals surface area contributed by atoms with E-state index in [1.807, 2.05) is 12.1 Å². The van der Waals surface area contributed by atoms with Gasteiger partial charge in [0.15, 0.2) is 0 Å². The third-order valence-electron chi connectivity index (χ3n) is 3.32. The van der Waals surface area contributed by atoms with Gasteiger partial charge in [-0.15, -0.1) is 12.4 Å². The molecule has 2 atom stereocenters. The number of benzene rings is 1. The normalized spacial score (nSPS) is 23.6. The van der Waals surface area contributed by atoms with Gasteiger partial charge in [0.1, 0.15) is 5.75 Å². The summed E-state index contributed by atoms with van der Waals surface area (Å²) < 4.78 is 28.4. The minimum absolute atomic E-state index is 0. The zero-order chi connectivity index (χ0) is 12.3. The van der Waals surface area contributed by atoms with Crippen LogP contribution in [0.2, 0.25) is 0 Å². The lowest BCUT2D eigenvalue weighted by Gasteiger charge is -2.29. The molecule has 1 N–H and O–H groups in total. The molecule has 2 nitrogen and oxygen atoms in total. The minimum atomic E-state index is -2.75. The second-order valence-corrected chi connectivity index (χ2v) is 4.52. The Morgan fingerprint density at radius 2 is 1.94 bits per heavy atom. The van der Waals surface area contributed by atoms with Gasteiger partial charge in [0.2, 0.25) is 0 Å². The molecule has 18 heavy (non-hydrogen) atoms. The van der Waals surface area contributed by atoms with E-state index < -0.39 is 6.61 Å². The van der Waals surface area contributed by atoms with Crippen LogP contribution in [-0.4, -0.2) is 19.7 Å². The molecule has 1 saturated heterocycles. The van der Waals surface area contributed by atoms with Crippen LogP contribution in [-0.2, 0) is 0 Å². The summed E-state index contributed by atoms with van der Waals surface area (Å²) in [5, 5.41) is 3.35. The average molecular weight is 278 g/mol. The summed E-state index contributed by atoms with van der Waals surface area (Å²) in [6.07, 6.45) is 1.09. The van der Waals surface area contributed by atoms with Gasteiger partial charge in [-0.25, -0.2) is 0 Å². The quantitative estimate of drug-likeness (QED) is 0.914.